The lowest BCUT2D eigenvalue weighted by molar-refractivity contribution is -0.139. The van der Waals surface area contributed by atoms with E-state index >= 15 is 0 Å². The highest BCUT2D eigenvalue weighted by Gasteiger charge is 2.66. The molecule has 0 unspecified atom stereocenters. The second kappa shape index (κ2) is 13.2. The number of amides is 2. The third-order valence-electron chi connectivity index (χ3n) is 10.7. The first-order valence-electron chi connectivity index (χ1n) is 17.1. The molecule has 0 radical (unpaired) electrons. The quantitative estimate of drug-likeness (QED) is 0.269. The van der Waals surface area contributed by atoms with Crippen molar-refractivity contribution >= 4 is 50.2 Å². The fourth-order valence-electron chi connectivity index (χ4n) is 7.95. The Morgan fingerprint density at radius 1 is 0.980 bits per heavy atom. The Bertz CT molecular complexity index is 1990. The lowest BCUT2D eigenvalue weighted by atomic mass is 9.90. The Balaban J connectivity index is 1.29. The van der Waals surface area contributed by atoms with Crippen molar-refractivity contribution in [2.24, 2.45) is 11.1 Å². The van der Waals surface area contributed by atoms with Crippen LogP contribution in [0.5, 0.6) is 0 Å². The molecule has 0 spiro atoms. The number of pyridine rings is 1. The maximum atomic E-state index is 14.4. The number of carbonyl (C=O) groups is 4. The third kappa shape index (κ3) is 6.54. The first-order valence-corrected chi connectivity index (χ1v) is 17.9. The Morgan fingerprint density at radius 3 is 2.49 bits per heavy atom. The second-order valence-electron chi connectivity index (χ2n) is 14.0. The average Bonchev–Trinajstić information content (AvgIpc) is 3.48. The minimum atomic E-state index is -0.682. The van der Waals surface area contributed by atoms with Crippen LogP contribution >= 0.6 is 15.9 Å². The first kappa shape index (κ1) is 33.2. The molecule has 3 atom stereocenters. The van der Waals surface area contributed by atoms with Gasteiger partial charge in [-0.25, -0.2) is 15.0 Å². The fraction of sp³-hybridized carbons (Fsp3) is 0.459. The SMILES string of the molecule is Cc1ncc(-c2cc3c4c(c2)c(C(N)=O)nn4CC(=O)N2[C@H](C(=O)Cc4nc(Br)ccc4C)C[C@@]4(CCC(=O)CCCCCC3)C[C@@H]24)cn1. The molecule has 1 aromatic carbocycles. The van der Waals surface area contributed by atoms with Gasteiger partial charge in [-0.15, -0.1) is 0 Å². The topological polar surface area (TPSA) is 154 Å². The van der Waals surface area contributed by atoms with E-state index < -0.39 is 11.9 Å². The van der Waals surface area contributed by atoms with Gasteiger partial charge in [-0.3, -0.25) is 23.9 Å². The van der Waals surface area contributed by atoms with E-state index in [2.05, 4.69) is 42.0 Å². The average molecular weight is 727 g/mol. The van der Waals surface area contributed by atoms with Crippen LogP contribution in [0.25, 0.3) is 22.0 Å². The van der Waals surface area contributed by atoms with Crippen molar-refractivity contribution in [2.45, 2.75) is 103 Å². The molecule has 1 aliphatic carbocycles. The summed E-state index contributed by atoms with van der Waals surface area (Å²) >= 11 is 3.42. The van der Waals surface area contributed by atoms with E-state index in [9.17, 15) is 19.2 Å². The van der Waals surface area contributed by atoms with Gasteiger partial charge < -0.3 is 10.6 Å². The van der Waals surface area contributed by atoms with Crippen molar-refractivity contribution in [2.75, 3.05) is 0 Å². The van der Waals surface area contributed by atoms with E-state index in [0.29, 0.717) is 59.1 Å². The number of primary amides is 1. The predicted molar refractivity (Wildman–Crippen MR) is 187 cm³/mol. The van der Waals surface area contributed by atoms with Crippen LogP contribution in [0.3, 0.4) is 0 Å². The number of rotatable bonds is 5. The van der Waals surface area contributed by atoms with Gasteiger partial charge in [0.1, 0.15) is 22.8 Å². The number of hydrogen-bond acceptors (Lipinski definition) is 8. The second-order valence-corrected chi connectivity index (χ2v) is 14.8. The van der Waals surface area contributed by atoms with Crippen molar-refractivity contribution in [1.29, 1.82) is 0 Å². The zero-order valence-electron chi connectivity index (χ0n) is 27.9. The van der Waals surface area contributed by atoms with Crippen molar-refractivity contribution in [3.05, 3.63) is 69.6 Å². The maximum absolute atomic E-state index is 14.4. The number of hydrogen-bond donors (Lipinski definition) is 1. The lowest BCUT2D eigenvalue weighted by Crippen LogP contribution is -2.45. The first-order chi connectivity index (χ1) is 23.5. The Hall–Kier alpha value is -4.32. The minimum absolute atomic E-state index is 0.0665. The summed E-state index contributed by atoms with van der Waals surface area (Å²) in [5.41, 5.74) is 10.6. The van der Waals surface area contributed by atoms with E-state index in [1.165, 1.54) is 0 Å². The van der Waals surface area contributed by atoms with E-state index in [-0.39, 0.29) is 47.6 Å². The molecule has 2 N–H and O–H groups in total. The molecule has 1 saturated carbocycles. The van der Waals surface area contributed by atoms with Crippen molar-refractivity contribution < 1.29 is 19.2 Å². The van der Waals surface area contributed by atoms with E-state index in [0.717, 1.165) is 54.4 Å². The largest absolute Gasteiger partial charge is 0.364 e. The Kier molecular flexibility index (Phi) is 8.93. The van der Waals surface area contributed by atoms with Gasteiger partial charge in [0.15, 0.2) is 11.5 Å². The number of halogens is 1. The minimum Gasteiger partial charge on any atom is -0.364 e. The van der Waals surface area contributed by atoms with Gasteiger partial charge in [-0.05, 0) is 109 Å². The smallest absolute Gasteiger partial charge is 0.269 e. The molecule has 2 fully saturated rings. The number of aryl methyl sites for hydroxylation is 3. The molecule has 49 heavy (non-hydrogen) atoms. The van der Waals surface area contributed by atoms with E-state index in [1.807, 2.05) is 32.0 Å². The highest BCUT2D eigenvalue weighted by atomic mass is 79.9. The van der Waals surface area contributed by atoms with Gasteiger partial charge in [0.2, 0.25) is 5.91 Å². The van der Waals surface area contributed by atoms with Gasteiger partial charge in [0.25, 0.3) is 5.91 Å². The van der Waals surface area contributed by atoms with Crippen LogP contribution in [-0.2, 0) is 33.8 Å². The molecule has 3 aliphatic rings. The van der Waals surface area contributed by atoms with Crippen molar-refractivity contribution in [3.63, 3.8) is 0 Å². The van der Waals surface area contributed by atoms with Crippen LogP contribution < -0.4 is 5.73 Å². The number of ketones is 2. The van der Waals surface area contributed by atoms with Gasteiger partial charge in [-0.2, -0.15) is 5.10 Å². The van der Waals surface area contributed by atoms with Crippen LogP contribution in [0.1, 0.15) is 90.9 Å². The number of nitrogens with zero attached hydrogens (tertiary/aromatic N) is 6. The van der Waals surface area contributed by atoms with Gasteiger partial charge >= 0.3 is 0 Å². The third-order valence-corrected chi connectivity index (χ3v) is 11.1. The summed E-state index contributed by atoms with van der Waals surface area (Å²) < 4.78 is 2.25. The van der Waals surface area contributed by atoms with Crippen LogP contribution in [-0.4, -0.2) is 65.1 Å². The molecule has 12 heteroatoms. The van der Waals surface area contributed by atoms with Gasteiger partial charge in [0, 0.05) is 42.2 Å². The summed E-state index contributed by atoms with van der Waals surface area (Å²) in [6.45, 7) is 3.60. The summed E-state index contributed by atoms with van der Waals surface area (Å²) in [6, 6.07) is 6.93. The monoisotopic (exact) mass is 725 g/mol. The maximum Gasteiger partial charge on any atom is 0.269 e. The van der Waals surface area contributed by atoms with Gasteiger partial charge in [0.05, 0.1) is 23.7 Å². The summed E-state index contributed by atoms with van der Waals surface area (Å²) in [5.74, 6) is -0.0840. The molecule has 7 rings (SSSR count). The highest BCUT2D eigenvalue weighted by Crippen LogP contribution is 2.62. The zero-order chi connectivity index (χ0) is 34.4. The van der Waals surface area contributed by atoms with Gasteiger partial charge in [-0.1, -0.05) is 18.9 Å². The molecule has 4 aromatic rings. The summed E-state index contributed by atoms with van der Waals surface area (Å²) in [4.78, 5) is 69.3. The number of benzene rings is 1. The van der Waals surface area contributed by atoms with Crippen molar-refractivity contribution in [1.82, 2.24) is 29.6 Å². The molecule has 3 aromatic heterocycles. The number of aromatic nitrogens is 5. The Labute approximate surface area is 293 Å². The van der Waals surface area contributed by atoms with E-state index in [4.69, 9.17) is 5.73 Å². The predicted octanol–water partition coefficient (Wildman–Crippen LogP) is 5.39. The Morgan fingerprint density at radius 2 is 1.73 bits per heavy atom. The van der Waals surface area contributed by atoms with Crippen LogP contribution in [0.4, 0.5) is 0 Å². The summed E-state index contributed by atoms with van der Waals surface area (Å²) in [5, 5.41) is 5.22. The molecule has 11 nitrogen and oxygen atoms in total. The highest BCUT2D eigenvalue weighted by molar-refractivity contribution is 9.10. The molecular formula is C37H40BrN7O4. The lowest BCUT2D eigenvalue weighted by Gasteiger charge is -2.27. The fourth-order valence-corrected chi connectivity index (χ4v) is 8.29. The standard InChI is InChI=1S/C37H40BrN7O4/c1-21-9-10-32(38)42-28(21)15-30(47)29-16-37-12-11-26(46)8-6-4-3-5-7-23-13-24(25-18-40-22(2)41-19-25)14-27-34(36(39)49)43-44(35(23)27)20-33(48)45(29)31(37)17-37/h9-10,13-14,18-19,29,31H,3-8,11-12,15-17,20H2,1-2H3,(H2,39,49)/t29-,31+,37-/m0/s1. The molecule has 5 heterocycles. The van der Waals surface area contributed by atoms with Crippen molar-refractivity contribution in [3.8, 4) is 11.1 Å². The molecule has 2 aliphatic heterocycles. The number of Topliss-reactive ketones (excluding diaryl/α,β-unsaturated/α-hetero) is 2. The number of piperidine rings is 1. The number of nitrogens with two attached hydrogens (primary N) is 1. The van der Waals surface area contributed by atoms with Crippen LogP contribution in [0, 0.1) is 19.3 Å². The molecule has 2 bridgehead atoms. The molecular weight excluding hydrogens is 686 g/mol. The van der Waals surface area contributed by atoms with Crippen LogP contribution in [0.15, 0.2) is 41.3 Å². The molecule has 2 amide bonds. The molecule has 254 valence electrons. The number of carbonyl (C=O) groups excluding carboxylic acids is 4. The van der Waals surface area contributed by atoms with E-state index in [1.54, 1.807) is 22.0 Å². The summed E-state index contributed by atoms with van der Waals surface area (Å²) in [6.07, 6.45) is 10.8. The zero-order valence-corrected chi connectivity index (χ0v) is 29.5. The molecule has 1 saturated heterocycles. The normalized spacial score (nSPS) is 23.0. The van der Waals surface area contributed by atoms with Crippen LogP contribution in [0.2, 0.25) is 0 Å². The summed E-state index contributed by atoms with van der Waals surface area (Å²) in [7, 11) is 0.